The molecule has 0 aliphatic heterocycles. The molecular weight excluding hydrogens is 196 g/mol. The molecule has 0 saturated heterocycles. The van der Waals surface area contributed by atoms with Gasteiger partial charge in [0.25, 0.3) is 0 Å². The molecular formula is C11H18O4. The zero-order chi connectivity index (χ0) is 11.9. The minimum Gasteiger partial charge on any atom is -0.466 e. The Morgan fingerprint density at radius 1 is 1.60 bits per heavy atom. The summed E-state index contributed by atoms with van der Waals surface area (Å²) in [5.74, 6) is -0.525. The van der Waals surface area contributed by atoms with Crippen molar-refractivity contribution >= 4 is 5.97 Å². The minimum absolute atomic E-state index is 0.181. The minimum atomic E-state index is -1.21. The molecule has 4 heteroatoms. The van der Waals surface area contributed by atoms with Crippen LogP contribution >= 0.6 is 0 Å². The zero-order valence-corrected chi connectivity index (χ0v) is 9.30. The smallest absolute Gasteiger partial charge is 0.330 e. The highest BCUT2D eigenvalue weighted by molar-refractivity contribution is 5.82. The summed E-state index contributed by atoms with van der Waals surface area (Å²) >= 11 is 0. The van der Waals surface area contributed by atoms with Crippen LogP contribution in [0.2, 0.25) is 0 Å². The maximum absolute atomic E-state index is 10.7. The van der Waals surface area contributed by atoms with Gasteiger partial charge in [0.15, 0.2) is 0 Å². The third-order valence-electron chi connectivity index (χ3n) is 1.85. The molecule has 86 valence electrons. The molecule has 15 heavy (non-hydrogen) atoms. The quantitative estimate of drug-likeness (QED) is 0.405. The molecule has 4 nitrogen and oxygen atoms in total. The van der Waals surface area contributed by atoms with Crippen LogP contribution in [0.25, 0.3) is 0 Å². The van der Waals surface area contributed by atoms with Crippen LogP contribution in [0.3, 0.4) is 0 Å². The zero-order valence-electron chi connectivity index (χ0n) is 9.30. The molecule has 0 amide bonds. The van der Waals surface area contributed by atoms with Crippen molar-refractivity contribution in [3.63, 3.8) is 0 Å². The predicted octanol–water partition coefficient (Wildman–Crippen LogP) is 0.794. The Balaban J connectivity index is 0.000000921. The SMILES string of the molecule is CC.COC(=O)/C=C/C1(O)C=CC(O)C1. The first-order valence-electron chi connectivity index (χ1n) is 4.93. The van der Waals surface area contributed by atoms with Gasteiger partial charge in [0.1, 0.15) is 5.60 Å². The lowest BCUT2D eigenvalue weighted by Gasteiger charge is -2.15. The van der Waals surface area contributed by atoms with Gasteiger partial charge in [-0.2, -0.15) is 0 Å². The van der Waals surface area contributed by atoms with Gasteiger partial charge in [-0.15, -0.1) is 0 Å². The monoisotopic (exact) mass is 214 g/mol. The first kappa shape index (κ1) is 13.9. The number of hydrogen-bond acceptors (Lipinski definition) is 4. The van der Waals surface area contributed by atoms with E-state index in [1.165, 1.54) is 25.3 Å². The molecule has 0 aromatic rings. The summed E-state index contributed by atoms with van der Waals surface area (Å²) in [6, 6.07) is 0. The van der Waals surface area contributed by atoms with Crippen molar-refractivity contribution in [3.8, 4) is 0 Å². The second-order valence-corrected chi connectivity index (χ2v) is 2.98. The van der Waals surface area contributed by atoms with Crippen molar-refractivity contribution in [2.45, 2.75) is 32.0 Å². The maximum atomic E-state index is 10.7. The number of methoxy groups -OCH3 is 1. The second-order valence-electron chi connectivity index (χ2n) is 2.98. The lowest BCUT2D eigenvalue weighted by Crippen LogP contribution is -2.22. The lowest BCUT2D eigenvalue weighted by molar-refractivity contribution is -0.134. The van der Waals surface area contributed by atoms with E-state index in [0.29, 0.717) is 0 Å². The average Bonchev–Trinajstić information content (AvgIpc) is 2.59. The third kappa shape index (κ3) is 4.76. The van der Waals surface area contributed by atoms with Crippen LogP contribution < -0.4 is 0 Å². The van der Waals surface area contributed by atoms with Crippen LogP contribution in [0.4, 0.5) is 0 Å². The topological polar surface area (TPSA) is 66.8 Å². The number of rotatable bonds is 2. The number of hydrogen-bond donors (Lipinski definition) is 2. The van der Waals surface area contributed by atoms with E-state index < -0.39 is 17.7 Å². The van der Waals surface area contributed by atoms with E-state index in [4.69, 9.17) is 5.11 Å². The summed E-state index contributed by atoms with van der Waals surface area (Å²) < 4.78 is 4.36. The lowest BCUT2D eigenvalue weighted by atomic mass is 10.0. The molecule has 2 atom stereocenters. The van der Waals surface area contributed by atoms with Crippen LogP contribution in [0.5, 0.6) is 0 Å². The van der Waals surface area contributed by atoms with E-state index in [0.717, 1.165) is 6.08 Å². The number of ether oxygens (including phenoxy) is 1. The molecule has 0 aromatic heterocycles. The standard InChI is InChI=1S/C9H12O4.C2H6/c1-13-8(11)3-5-9(12)4-2-7(10)6-9;1-2/h2-5,7,10,12H,6H2,1H3;1-2H3/b5-3+;. The number of aliphatic hydroxyl groups excluding tert-OH is 1. The van der Waals surface area contributed by atoms with Crippen molar-refractivity contribution in [1.82, 2.24) is 0 Å². The Morgan fingerprint density at radius 2 is 2.20 bits per heavy atom. The number of aliphatic hydroxyl groups is 2. The van der Waals surface area contributed by atoms with Crippen molar-refractivity contribution < 1.29 is 19.7 Å². The van der Waals surface area contributed by atoms with Crippen LogP contribution in [-0.4, -0.2) is 35.0 Å². The van der Waals surface area contributed by atoms with E-state index in [2.05, 4.69) is 4.74 Å². The van der Waals surface area contributed by atoms with Crippen molar-refractivity contribution in [1.29, 1.82) is 0 Å². The van der Waals surface area contributed by atoms with Gasteiger partial charge in [-0.3, -0.25) is 0 Å². The highest BCUT2D eigenvalue weighted by Gasteiger charge is 2.28. The molecule has 0 fully saturated rings. The first-order chi connectivity index (χ1) is 7.06. The Bertz CT molecular complexity index is 257. The summed E-state index contributed by atoms with van der Waals surface area (Å²) in [5, 5.41) is 18.8. The largest absolute Gasteiger partial charge is 0.466 e. The Morgan fingerprint density at radius 3 is 2.60 bits per heavy atom. The van der Waals surface area contributed by atoms with Crippen molar-refractivity contribution in [2.24, 2.45) is 0 Å². The van der Waals surface area contributed by atoms with Crippen LogP contribution in [-0.2, 0) is 9.53 Å². The molecule has 0 aromatic carbocycles. The number of carbonyl (C=O) groups is 1. The van der Waals surface area contributed by atoms with Crippen LogP contribution in [0.1, 0.15) is 20.3 Å². The average molecular weight is 214 g/mol. The second kappa shape index (κ2) is 6.37. The highest BCUT2D eigenvalue weighted by Crippen LogP contribution is 2.23. The molecule has 0 radical (unpaired) electrons. The van der Waals surface area contributed by atoms with E-state index in [-0.39, 0.29) is 6.42 Å². The van der Waals surface area contributed by atoms with Gasteiger partial charge in [-0.1, -0.05) is 26.0 Å². The molecule has 0 spiro atoms. The van der Waals surface area contributed by atoms with Crippen molar-refractivity contribution in [2.75, 3.05) is 7.11 Å². The van der Waals surface area contributed by atoms with Gasteiger partial charge < -0.3 is 14.9 Å². The number of esters is 1. The molecule has 1 aliphatic carbocycles. The Hall–Kier alpha value is -1.13. The first-order valence-corrected chi connectivity index (χ1v) is 4.93. The molecule has 2 unspecified atom stereocenters. The van der Waals surface area contributed by atoms with E-state index in [9.17, 15) is 9.90 Å². The van der Waals surface area contributed by atoms with Gasteiger partial charge in [-0.25, -0.2) is 4.79 Å². The van der Waals surface area contributed by atoms with Gasteiger partial charge in [-0.05, 0) is 6.08 Å². The fourth-order valence-corrected chi connectivity index (χ4v) is 1.15. The molecule has 0 bridgehead atoms. The van der Waals surface area contributed by atoms with E-state index >= 15 is 0 Å². The summed E-state index contributed by atoms with van der Waals surface area (Å²) in [4.78, 5) is 10.7. The molecule has 0 saturated carbocycles. The molecule has 2 N–H and O–H groups in total. The van der Waals surface area contributed by atoms with Crippen LogP contribution in [0, 0.1) is 0 Å². The summed E-state index contributed by atoms with van der Waals surface area (Å²) in [6.45, 7) is 4.00. The number of carbonyl (C=O) groups excluding carboxylic acids is 1. The van der Waals surface area contributed by atoms with Crippen LogP contribution in [0.15, 0.2) is 24.3 Å². The normalized spacial score (nSPS) is 28.7. The van der Waals surface area contributed by atoms with Gasteiger partial charge in [0.2, 0.25) is 0 Å². The Kier molecular flexibility index (Phi) is 5.89. The summed E-state index contributed by atoms with van der Waals surface area (Å²) in [6.07, 6.45) is 4.93. The van der Waals surface area contributed by atoms with Gasteiger partial charge in [0, 0.05) is 12.5 Å². The fraction of sp³-hybridized carbons (Fsp3) is 0.545. The van der Waals surface area contributed by atoms with Gasteiger partial charge in [0.05, 0.1) is 13.2 Å². The van der Waals surface area contributed by atoms with E-state index in [1.54, 1.807) is 0 Å². The van der Waals surface area contributed by atoms with Gasteiger partial charge >= 0.3 is 5.97 Å². The maximum Gasteiger partial charge on any atom is 0.330 e. The third-order valence-corrected chi connectivity index (χ3v) is 1.85. The predicted molar refractivity (Wildman–Crippen MR) is 57.2 cm³/mol. The summed E-state index contributed by atoms with van der Waals surface area (Å²) in [7, 11) is 1.26. The van der Waals surface area contributed by atoms with Crippen molar-refractivity contribution in [3.05, 3.63) is 24.3 Å². The summed E-state index contributed by atoms with van der Waals surface area (Å²) in [5.41, 5.74) is -1.21. The van der Waals surface area contributed by atoms with E-state index in [1.807, 2.05) is 13.8 Å². The Labute approximate surface area is 89.9 Å². The highest BCUT2D eigenvalue weighted by atomic mass is 16.5. The molecule has 0 heterocycles. The molecule has 1 aliphatic rings. The molecule has 1 rings (SSSR count). The fourth-order valence-electron chi connectivity index (χ4n) is 1.15.